The molecule has 2 aromatic rings. The number of anilines is 1. The zero-order valence-electron chi connectivity index (χ0n) is 15.6. The molecule has 2 aliphatic rings. The zero-order valence-corrected chi connectivity index (χ0v) is 15.6. The second kappa shape index (κ2) is 7.31. The number of fused-ring (bicyclic) bond motifs is 1. The highest BCUT2D eigenvalue weighted by atomic mass is 16.2. The van der Waals surface area contributed by atoms with Gasteiger partial charge >= 0.3 is 0 Å². The first kappa shape index (κ1) is 18.0. The third-order valence-electron chi connectivity index (χ3n) is 5.07. The highest BCUT2D eigenvalue weighted by molar-refractivity contribution is 6.15. The maximum Gasteiger partial charge on any atom is 0.236 e. The Labute approximate surface area is 163 Å². The number of Topliss-reactive ketones (excluding diaryl/α,β-unsaturated/α-hetero) is 1. The molecule has 0 aromatic heterocycles. The quantitative estimate of drug-likeness (QED) is 0.787. The Morgan fingerprint density at radius 1 is 1.11 bits per heavy atom. The van der Waals surface area contributed by atoms with E-state index >= 15 is 0 Å². The summed E-state index contributed by atoms with van der Waals surface area (Å²) in [7, 11) is 0. The molecule has 0 spiro atoms. The van der Waals surface area contributed by atoms with Gasteiger partial charge in [0.15, 0.2) is 5.78 Å². The molecule has 1 saturated heterocycles. The highest BCUT2D eigenvalue weighted by Gasteiger charge is 2.45. The van der Waals surface area contributed by atoms with Crippen LogP contribution in [0.4, 0.5) is 5.69 Å². The molecule has 1 atom stereocenters. The van der Waals surface area contributed by atoms with E-state index in [-0.39, 0.29) is 24.0 Å². The molecule has 0 aliphatic carbocycles. The van der Waals surface area contributed by atoms with E-state index in [2.05, 4.69) is 10.6 Å². The highest BCUT2D eigenvalue weighted by Crippen LogP contribution is 2.35. The molecule has 2 N–H and O–H groups in total. The molecule has 0 radical (unpaired) electrons. The van der Waals surface area contributed by atoms with Gasteiger partial charge in [-0.25, -0.2) is 0 Å². The SMILES string of the molecule is Cc1ccc(NC(=O)CC2C(=O)N3CCNC3=C2C(=O)c2ccccc2)cc1. The second-order valence-corrected chi connectivity index (χ2v) is 7.04. The maximum atomic E-state index is 13.1. The van der Waals surface area contributed by atoms with Gasteiger partial charge in [-0.05, 0) is 19.1 Å². The molecule has 2 aliphatic heterocycles. The number of hydrogen-bond donors (Lipinski definition) is 2. The maximum absolute atomic E-state index is 13.1. The van der Waals surface area contributed by atoms with Gasteiger partial charge in [-0.2, -0.15) is 0 Å². The van der Waals surface area contributed by atoms with E-state index in [0.29, 0.717) is 35.7 Å². The van der Waals surface area contributed by atoms with E-state index in [1.165, 1.54) is 0 Å². The van der Waals surface area contributed by atoms with Gasteiger partial charge in [0.2, 0.25) is 11.8 Å². The summed E-state index contributed by atoms with van der Waals surface area (Å²) in [5, 5.41) is 5.96. The summed E-state index contributed by atoms with van der Waals surface area (Å²) in [5.74, 6) is -0.928. The fraction of sp³-hybridized carbons (Fsp3) is 0.227. The average molecular weight is 375 g/mol. The molecule has 2 heterocycles. The predicted octanol–water partition coefficient (Wildman–Crippen LogP) is 2.48. The molecular weight excluding hydrogens is 354 g/mol. The molecular formula is C22H21N3O3. The molecule has 1 fully saturated rings. The minimum Gasteiger partial charge on any atom is -0.369 e. The summed E-state index contributed by atoms with van der Waals surface area (Å²) in [6.45, 7) is 3.08. The minimum absolute atomic E-state index is 0.0672. The molecule has 6 heteroatoms. The Balaban J connectivity index is 1.58. The summed E-state index contributed by atoms with van der Waals surface area (Å²) in [6, 6.07) is 16.3. The molecule has 2 amide bonds. The van der Waals surface area contributed by atoms with Gasteiger partial charge in [0.25, 0.3) is 0 Å². The number of nitrogens with zero attached hydrogens (tertiary/aromatic N) is 1. The molecule has 0 bridgehead atoms. The fourth-order valence-corrected chi connectivity index (χ4v) is 3.67. The summed E-state index contributed by atoms with van der Waals surface area (Å²) in [6.07, 6.45) is -0.0672. The number of aryl methyl sites for hydroxylation is 1. The number of hydrogen-bond acceptors (Lipinski definition) is 4. The Bertz CT molecular complexity index is 964. The van der Waals surface area contributed by atoms with Gasteiger partial charge in [0.05, 0.1) is 11.5 Å². The lowest BCUT2D eigenvalue weighted by Crippen LogP contribution is -2.30. The Kier molecular flexibility index (Phi) is 4.69. The summed E-state index contributed by atoms with van der Waals surface area (Å²) >= 11 is 0. The van der Waals surface area contributed by atoms with E-state index in [9.17, 15) is 14.4 Å². The molecule has 1 unspecified atom stereocenters. The van der Waals surface area contributed by atoms with Crippen LogP contribution in [0.1, 0.15) is 22.3 Å². The number of nitrogens with one attached hydrogen (secondary N) is 2. The smallest absolute Gasteiger partial charge is 0.236 e. The van der Waals surface area contributed by atoms with Crippen LogP contribution in [0.3, 0.4) is 0 Å². The van der Waals surface area contributed by atoms with Crippen LogP contribution in [0.15, 0.2) is 66.0 Å². The van der Waals surface area contributed by atoms with Crippen LogP contribution < -0.4 is 10.6 Å². The van der Waals surface area contributed by atoms with Crippen molar-refractivity contribution >= 4 is 23.3 Å². The van der Waals surface area contributed by atoms with E-state index in [0.717, 1.165) is 5.56 Å². The van der Waals surface area contributed by atoms with Crippen LogP contribution in [-0.4, -0.2) is 35.6 Å². The van der Waals surface area contributed by atoms with Gasteiger partial charge in [-0.3, -0.25) is 19.3 Å². The Hall–Kier alpha value is -3.41. The lowest BCUT2D eigenvalue weighted by Gasteiger charge is -2.14. The first-order chi connectivity index (χ1) is 13.5. The van der Waals surface area contributed by atoms with Crippen LogP contribution in [-0.2, 0) is 9.59 Å². The molecule has 4 rings (SSSR count). The monoisotopic (exact) mass is 375 g/mol. The van der Waals surface area contributed by atoms with Gasteiger partial charge in [-0.1, -0.05) is 48.0 Å². The first-order valence-electron chi connectivity index (χ1n) is 9.30. The fourth-order valence-electron chi connectivity index (χ4n) is 3.67. The Morgan fingerprint density at radius 3 is 2.54 bits per heavy atom. The van der Waals surface area contributed by atoms with Crippen LogP contribution >= 0.6 is 0 Å². The summed E-state index contributed by atoms with van der Waals surface area (Å²) < 4.78 is 0. The largest absolute Gasteiger partial charge is 0.369 e. The third kappa shape index (κ3) is 3.29. The number of carbonyl (C=O) groups is 3. The van der Waals surface area contributed by atoms with Crippen molar-refractivity contribution in [3.8, 4) is 0 Å². The van der Waals surface area contributed by atoms with Gasteiger partial charge in [0.1, 0.15) is 5.82 Å². The molecule has 6 nitrogen and oxygen atoms in total. The zero-order chi connectivity index (χ0) is 19.7. The first-order valence-corrected chi connectivity index (χ1v) is 9.30. The number of benzene rings is 2. The van der Waals surface area contributed by atoms with E-state index in [4.69, 9.17) is 0 Å². The lowest BCUT2D eigenvalue weighted by molar-refractivity contribution is -0.132. The number of ketones is 1. The third-order valence-corrected chi connectivity index (χ3v) is 5.07. The molecule has 2 aromatic carbocycles. The summed E-state index contributed by atoms with van der Waals surface area (Å²) in [4.78, 5) is 40.2. The van der Waals surface area contributed by atoms with Gasteiger partial charge < -0.3 is 10.6 Å². The van der Waals surface area contributed by atoms with Crippen LogP contribution in [0.2, 0.25) is 0 Å². The van der Waals surface area contributed by atoms with Crippen molar-refractivity contribution in [2.75, 3.05) is 18.4 Å². The van der Waals surface area contributed by atoms with E-state index < -0.39 is 5.92 Å². The van der Waals surface area contributed by atoms with Crippen molar-refractivity contribution in [1.29, 1.82) is 0 Å². The van der Waals surface area contributed by atoms with E-state index in [1.807, 2.05) is 37.3 Å². The van der Waals surface area contributed by atoms with Gasteiger partial charge in [-0.15, -0.1) is 0 Å². The minimum atomic E-state index is -0.777. The lowest BCUT2D eigenvalue weighted by atomic mass is 9.90. The van der Waals surface area contributed by atoms with Crippen molar-refractivity contribution in [3.63, 3.8) is 0 Å². The number of rotatable bonds is 5. The van der Waals surface area contributed by atoms with Crippen molar-refractivity contribution in [3.05, 3.63) is 77.1 Å². The molecule has 0 saturated carbocycles. The van der Waals surface area contributed by atoms with Crippen molar-refractivity contribution in [1.82, 2.24) is 10.2 Å². The van der Waals surface area contributed by atoms with Crippen molar-refractivity contribution in [2.45, 2.75) is 13.3 Å². The van der Waals surface area contributed by atoms with Crippen molar-refractivity contribution in [2.24, 2.45) is 5.92 Å². The van der Waals surface area contributed by atoms with Crippen LogP contribution in [0.25, 0.3) is 0 Å². The Morgan fingerprint density at radius 2 is 1.82 bits per heavy atom. The number of carbonyl (C=O) groups excluding carboxylic acids is 3. The number of amides is 2. The normalized spacial score (nSPS) is 18.1. The summed E-state index contributed by atoms with van der Waals surface area (Å²) in [5.41, 5.74) is 2.66. The van der Waals surface area contributed by atoms with E-state index in [1.54, 1.807) is 29.2 Å². The van der Waals surface area contributed by atoms with Crippen LogP contribution in [0, 0.1) is 12.8 Å². The van der Waals surface area contributed by atoms with Gasteiger partial charge in [0, 0.05) is 30.8 Å². The second-order valence-electron chi connectivity index (χ2n) is 7.04. The van der Waals surface area contributed by atoms with Crippen molar-refractivity contribution < 1.29 is 14.4 Å². The topological polar surface area (TPSA) is 78.5 Å². The standard InChI is InChI=1S/C22H21N3O3/c1-14-7-9-16(10-8-14)24-18(26)13-17-19(20(27)15-5-3-2-4-6-15)21-23-11-12-25(21)22(17)28/h2-10,17,23H,11-13H2,1H3,(H,24,26). The van der Waals surface area contributed by atoms with Crippen LogP contribution in [0.5, 0.6) is 0 Å². The average Bonchev–Trinajstić information content (AvgIpc) is 3.27. The molecule has 28 heavy (non-hydrogen) atoms. The predicted molar refractivity (Wildman–Crippen MR) is 105 cm³/mol. The molecule has 142 valence electrons.